The van der Waals surface area contributed by atoms with Crippen LogP contribution in [0.4, 0.5) is 0 Å². The molecule has 0 spiro atoms. The van der Waals surface area contributed by atoms with Gasteiger partial charge in [-0.05, 0) is 49.4 Å². The van der Waals surface area contributed by atoms with E-state index in [1.165, 1.54) is 0 Å². The molecule has 1 fully saturated rings. The molecule has 6 nitrogen and oxygen atoms in total. The van der Waals surface area contributed by atoms with E-state index in [1.54, 1.807) is 10.9 Å². The number of carboxylic acids is 1. The van der Waals surface area contributed by atoms with Crippen LogP contribution < -0.4 is 0 Å². The van der Waals surface area contributed by atoms with Crippen LogP contribution in [0.1, 0.15) is 36.0 Å². The minimum absolute atomic E-state index is 0.00373. The molecule has 3 rings (SSSR count). The Hall–Kier alpha value is -2.63. The fourth-order valence-electron chi connectivity index (χ4n) is 3.20. The van der Waals surface area contributed by atoms with Gasteiger partial charge in [0.25, 0.3) is 5.91 Å². The average molecular weight is 327 g/mol. The molecular weight excluding hydrogens is 306 g/mol. The summed E-state index contributed by atoms with van der Waals surface area (Å²) in [5.74, 6) is -0.498. The second kappa shape index (κ2) is 7.29. The summed E-state index contributed by atoms with van der Waals surface area (Å²) >= 11 is 0. The van der Waals surface area contributed by atoms with Gasteiger partial charge in [0, 0.05) is 37.5 Å². The number of carbonyl (C=O) groups is 2. The summed E-state index contributed by atoms with van der Waals surface area (Å²) in [5, 5.41) is 13.0. The van der Waals surface area contributed by atoms with E-state index in [1.807, 2.05) is 41.4 Å². The number of aromatic nitrogens is 2. The smallest absolute Gasteiger partial charge is 0.303 e. The van der Waals surface area contributed by atoms with Crippen molar-refractivity contribution in [3.8, 4) is 5.69 Å². The van der Waals surface area contributed by atoms with Gasteiger partial charge in [0.05, 0.1) is 5.69 Å². The number of nitrogens with zero attached hydrogens (tertiary/aromatic N) is 3. The van der Waals surface area contributed by atoms with E-state index in [0.717, 1.165) is 25.1 Å². The third-order valence-electron chi connectivity index (χ3n) is 4.43. The van der Waals surface area contributed by atoms with Gasteiger partial charge in [-0.3, -0.25) is 9.59 Å². The van der Waals surface area contributed by atoms with Crippen LogP contribution in [0.2, 0.25) is 0 Å². The number of rotatable bonds is 5. The van der Waals surface area contributed by atoms with E-state index in [9.17, 15) is 9.59 Å². The molecule has 1 aromatic heterocycles. The molecule has 0 bridgehead atoms. The number of aliphatic carboxylic acids is 1. The first-order valence-electron chi connectivity index (χ1n) is 8.24. The number of carbonyl (C=O) groups excluding carboxylic acids is 1. The third-order valence-corrected chi connectivity index (χ3v) is 4.43. The van der Waals surface area contributed by atoms with Gasteiger partial charge in [0.15, 0.2) is 0 Å². The Morgan fingerprint density at radius 3 is 2.92 bits per heavy atom. The van der Waals surface area contributed by atoms with Gasteiger partial charge >= 0.3 is 5.97 Å². The Kier molecular flexibility index (Phi) is 4.93. The molecule has 126 valence electrons. The molecule has 2 heterocycles. The van der Waals surface area contributed by atoms with Crippen molar-refractivity contribution in [1.29, 1.82) is 0 Å². The Balaban J connectivity index is 1.69. The molecule has 2 aromatic rings. The Labute approximate surface area is 140 Å². The first-order valence-corrected chi connectivity index (χ1v) is 8.24. The van der Waals surface area contributed by atoms with E-state index in [2.05, 4.69) is 5.10 Å². The average Bonchev–Trinajstić information content (AvgIpc) is 3.14. The highest BCUT2D eigenvalue weighted by molar-refractivity contribution is 5.94. The number of hydrogen-bond donors (Lipinski definition) is 1. The second-order valence-electron chi connectivity index (χ2n) is 6.19. The quantitative estimate of drug-likeness (QED) is 0.916. The zero-order valence-electron chi connectivity index (χ0n) is 13.5. The van der Waals surface area contributed by atoms with Gasteiger partial charge in [0.2, 0.25) is 0 Å². The SMILES string of the molecule is O=C(O)CC[C@@H]1CCCN(C(=O)c2cccc(-n3cccn3)c2)C1. The van der Waals surface area contributed by atoms with E-state index < -0.39 is 5.97 Å². The Bertz CT molecular complexity index is 712. The number of benzene rings is 1. The molecular formula is C18H21N3O3. The number of likely N-dealkylation sites (tertiary alicyclic amines) is 1. The zero-order valence-corrected chi connectivity index (χ0v) is 13.5. The lowest BCUT2D eigenvalue weighted by atomic mass is 9.93. The highest BCUT2D eigenvalue weighted by atomic mass is 16.4. The number of amides is 1. The van der Waals surface area contributed by atoms with Crippen molar-refractivity contribution in [2.24, 2.45) is 5.92 Å². The topological polar surface area (TPSA) is 75.4 Å². The molecule has 1 aromatic carbocycles. The number of hydrogen-bond acceptors (Lipinski definition) is 3. The van der Waals surface area contributed by atoms with Crippen LogP contribution >= 0.6 is 0 Å². The maximum atomic E-state index is 12.8. The van der Waals surface area contributed by atoms with Crippen LogP contribution in [-0.2, 0) is 4.79 Å². The van der Waals surface area contributed by atoms with Gasteiger partial charge in [-0.1, -0.05) is 6.07 Å². The first-order chi connectivity index (χ1) is 11.6. The minimum Gasteiger partial charge on any atom is -0.481 e. The minimum atomic E-state index is -0.773. The van der Waals surface area contributed by atoms with Crippen molar-refractivity contribution in [2.75, 3.05) is 13.1 Å². The zero-order chi connectivity index (χ0) is 16.9. The van der Waals surface area contributed by atoms with Crippen LogP contribution in [0.3, 0.4) is 0 Å². The van der Waals surface area contributed by atoms with E-state index >= 15 is 0 Å². The van der Waals surface area contributed by atoms with Crippen LogP contribution in [0.25, 0.3) is 5.69 Å². The fourth-order valence-corrected chi connectivity index (χ4v) is 3.20. The van der Waals surface area contributed by atoms with Crippen LogP contribution in [0.5, 0.6) is 0 Å². The molecule has 1 atom stereocenters. The lowest BCUT2D eigenvalue weighted by Crippen LogP contribution is -2.40. The summed E-state index contributed by atoms with van der Waals surface area (Å²) in [4.78, 5) is 25.4. The van der Waals surface area contributed by atoms with Crippen molar-refractivity contribution >= 4 is 11.9 Å². The summed E-state index contributed by atoms with van der Waals surface area (Å²) < 4.78 is 1.72. The summed E-state index contributed by atoms with van der Waals surface area (Å²) in [5.41, 5.74) is 1.49. The lowest BCUT2D eigenvalue weighted by molar-refractivity contribution is -0.137. The molecule has 1 aliphatic heterocycles. The van der Waals surface area contributed by atoms with Crippen molar-refractivity contribution in [3.05, 3.63) is 48.3 Å². The molecule has 0 unspecified atom stereocenters. The molecule has 0 aliphatic carbocycles. The third kappa shape index (κ3) is 3.82. The van der Waals surface area contributed by atoms with Gasteiger partial charge in [-0.2, -0.15) is 5.10 Å². The van der Waals surface area contributed by atoms with Gasteiger partial charge in [-0.25, -0.2) is 4.68 Å². The van der Waals surface area contributed by atoms with Crippen molar-refractivity contribution < 1.29 is 14.7 Å². The fraction of sp³-hybridized carbons (Fsp3) is 0.389. The molecule has 0 saturated carbocycles. The molecule has 0 radical (unpaired) electrons. The summed E-state index contributed by atoms with van der Waals surface area (Å²) in [6.07, 6.45) is 6.26. The normalized spacial score (nSPS) is 17.7. The maximum Gasteiger partial charge on any atom is 0.303 e. The largest absolute Gasteiger partial charge is 0.481 e. The molecule has 1 amide bonds. The van der Waals surface area contributed by atoms with Gasteiger partial charge in [-0.15, -0.1) is 0 Å². The predicted molar refractivity (Wildman–Crippen MR) is 89.1 cm³/mol. The molecule has 6 heteroatoms. The molecule has 1 saturated heterocycles. The lowest BCUT2D eigenvalue weighted by Gasteiger charge is -2.32. The van der Waals surface area contributed by atoms with Gasteiger partial charge in [0.1, 0.15) is 0 Å². The Morgan fingerprint density at radius 2 is 2.17 bits per heavy atom. The van der Waals surface area contributed by atoms with Crippen LogP contribution in [0.15, 0.2) is 42.7 Å². The molecule has 24 heavy (non-hydrogen) atoms. The first kappa shape index (κ1) is 16.2. The van der Waals surface area contributed by atoms with Crippen molar-refractivity contribution in [2.45, 2.75) is 25.7 Å². The van der Waals surface area contributed by atoms with Crippen molar-refractivity contribution in [3.63, 3.8) is 0 Å². The highest BCUT2D eigenvalue weighted by Gasteiger charge is 2.25. The maximum absolute atomic E-state index is 12.8. The molecule has 1 aliphatic rings. The van der Waals surface area contributed by atoms with E-state index in [4.69, 9.17) is 5.11 Å². The van der Waals surface area contributed by atoms with E-state index in [-0.39, 0.29) is 18.2 Å². The number of carboxylic acid groups (broad SMARTS) is 1. The molecule has 1 N–H and O–H groups in total. The number of piperidine rings is 1. The standard InChI is InChI=1S/C18H21N3O3/c22-17(23)8-7-14-4-2-10-20(13-14)18(24)15-5-1-6-16(12-15)21-11-3-9-19-21/h1,3,5-6,9,11-12,14H,2,4,7-8,10,13H2,(H,22,23)/t14-/m0/s1. The summed E-state index contributed by atoms with van der Waals surface area (Å²) in [7, 11) is 0. The van der Waals surface area contributed by atoms with Gasteiger partial charge < -0.3 is 10.0 Å². The van der Waals surface area contributed by atoms with Crippen LogP contribution in [0, 0.1) is 5.92 Å². The predicted octanol–water partition coefficient (Wildman–Crippen LogP) is 2.59. The van der Waals surface area contributed by atoms with E-state index in [0.29, 0.717) is 18.5 Å². The monoisotopic (exact) mass is 327 g/mol. The Morgan fingerprint density at radius 1 is 1.29 bits per heavy atom. The highest BCUT2D eigenvalue weighted by Crippen LogP contribution is 2.23. The summed E-state index contributed by atoms with van der Waals surface area (Å²) in [6, 6.07) is 9.27. The second-order valence-corrected chi connectivity index (χ2v) is 6.19. The van der Waals surface area contributed by atoms with Crippen LogP contribution in [-0.4, -0.2) is 44.8 Å². The van der Waals surface area contributed by atoms with Crippen molar-refractivity contribution in [1.82, 2.24) is 14.7 Å². The summed E-state index contributed by atoms with van der Waals surface area (Å²) in [6.45, 7) is 1.37.